The Morgan fingerprint density at radius 1 is 1.00 bits per heavy atom. The number of aliphatic hydroxyl groups is 1. The van der Waals surface area contributed by atoms with Crippen LogP contribution < -0.4 is 0 Å². The van der Waals surface area contributed by atoms with Crippen LogP contribution in [0.1, 0.15) is 34.6 Å². The molecule has 1 heterocycles. The monoisotopic (exact) mass is 362 g/mol. The molecule has 1 aliphatic heterocycles. The van der Waals surface area contributed by atoms with E-state index in [0.29, 0.717) is 0 Å². The van der Waals surface area contributed by atoms with E-state index in [4.69, 9.17) is 23.7 Å². The molecule has 0 aromatic rings. The topological polar surface area (TPSA) is 118 Å². The third-order valence-electron chi connectivity index (χ3n) is 3.27. The van der Waals surface area contributed by atoms with Crippen LogP contribution in [-0.4, -0.2) is 66.9 Å². The van der Waals surface area contributed by atoms with E-state index < -0.39 is 48.6 Å². The van der Waals surface area contributed by atoms with Crippen LogP contribution in [0.25, 0.3) is 0 Å². The van der Waals surface area contributed by atoms with Crippen LogP contribution in [0.2, 0.25) is 0 Å². The summed E-state index contributed by atoms with van der Waals surface area (Å²) in [4.78, 5) is 33.8. The first-order valence-electron chi connectivity index (χ1n) is 8.04. The molecule has 0 bridgehead atoms. The van der Waals surface area contributed by atoms with Crippen molar-refractivity contribution in [3.63, 3.8) is 0 Å². The Kier molecular flexibility index (Phi) is 8.27. The molecule has 25 heavy (non-hydrogen) atoms. The van der Waals surface area contributed by atoms with E-state index in [9.17, 15) is 19.5 Å². The van der Waals surface area contributed by atoms with E-state index >= 15 is 0 Å². The zero-order chi connectivity index (χ0) is 19.1. The minimum atomic E-state index is -1.37. The Hall–Kier alpha value is -1.71. The van der Waals surface area contributed by atoms with Crippen LogP contribution in [0.15, 0.2) is 0 Å². The fraction of sp³-hybridized carbons (Fsp3) is 0.812. The average molecular weight is 362 g/mol. The predicted molar refractivity (Wildman–Crippen MR) is 83.2 cm³/mol. The van der Waals surface area contributed by atoms with Crippen LogP contribution in [0.4, 0.5) is 0 Å². The standard InChI is InChI=1S/C16H26O9/c1-8(2)6-22-16-15(24-11(5)19)14(23-10(4)18)13(20)12(25-16)7-21-9(3)17/h8,12-16,20H,6-7H2,1-5H3/t12-,13-,14+,15-,16-/m1/s1. The molecule has 0 aliphatic carbocycles. The molecule has 0 aromatic heterocycles. The molecule has 0 radical (unpaired) electrons. The van der Waals surface area contributed by atoms with Gasteiger partial charge in [-0.25, -0.2) is 0 Å². The smallest absolute Gasteiger partial charge is 0.303 e. The molecule has 9 nitrogen and oxygen atoms in total. The summed E-state index contributed by atoms with van der Waals surface area (Å²) in [6.07, 6.45) is -5.82. The van der Waals surface area contributed by atoms with Crippen LogP contribution in [0, 0.1) is 5.92 Å². The van der Waals surface area contributed by atoms with Gasteiger partial charge in [0.1, 0.15) is 18.8 Å². The van der Waals surface area contributed by atoms with Gasteiger partial charge in [0, 0.05) is 20.8 Å². The molecule has 1 fully saturated rings. The van der Waals surface area contributed by atoms with Crippen LogP contribution in [0.3, 0.4) is 0 Å². The summed E-state index contributed by atoms with van der Waals surface area (Å²) in [7, 11) is 0. The van der Waals surface area contributed by atoms with Crippen molar-refractivity contribution >= 4 is 17.9 Å². The summed E-state index contributed by atoms with van der Waals surface area (Å²) in [5.74, 6) is -1.71. The minimum Gasteiger partial charge on any atom is -0.463 e. The van der Waals surface area contributed by atoms with Gasteiger partial charge >= 0.3 is 17.9 Å². The van der Waals surface area contributed by atoms with Crippen molar-refractivity contribution in [3.8, 4) is 0 Å². The number of esters is 3. The molecule has 0 amide bonds. The molecule has 0 aromatic carbocycles. The molecular formula is C16H26O9. The van der Waals surface area contributed by atoms with Crippen LogP contribution in [0.5, 0.6) is 0 Å². The van der Waals surface area contributed by atoms with Crippen molar-refractivity contribution in [1.29, 1.82) is 0 Å². The van der Waals surface area contributed by atoms with Crippen molar-refractivity contribution < 1.29 is 43.2 Å². The normalized spacial score (nSPS) is 29.2. The molecule has 144 valence electrons. The lowest BCUT2D eigenvalue weighted by Gasteiger charge is -2.42. The molecule has 0 spiro atoms. The molecule has 1 rings (SSSR count). The Morgan fingerprint density at radius 2 is 1.56 bits per heavy atom. The van der Waals surface area contributed by atoms with Crippen molar-refractivity contribution in [3.05, 3.63) is 0 Å². The highest BCUT2D eigenvalue weighted by Crippen LogP contribution is 2.28. The quantitative estimate of drug-likeness (QED) is 0.499. The molecule has 9 heteroatoms. The molecule has 1 aliphatic rings. The van der Waals surface area contributed by atoms with Gasteiger partial charge in [0.15, 0.2) is 18.5 Å². The van der Waals surface area contributed by atoms with E-state index in [1.165, 1.54) is 13.8 Å². The van der Waals surface area contributed by atoms with E-state index in [1.54, 1.807) is 0 Å². The summed E-state index contributed by atoms with van der Waals surface area (Å²) in [6.45, 7) is 7.41. The molecule has 1 saturated heterocycles. The van der Waals surface area contributed by atoms with Crippen LogP contribution >= 0.6 is 0 Å². The van der Waals surface area contributed by atoms with Crippen LogP contribution in [-0.2, 0) is 38.1 Å². The number of carbonyl (C=O) groups excluding carboxylic acids is 3. The second kappa shape index (κ2) is 9.69. The predicted octanol–water partition coefficient (Wildman–Crippen LogP) is 0.171. The first-order valence-corrected chi connectivity index (χ1v) is 8.04. The van der Waals surface area contributed by atoms with Crippen molar-refractivity contribution in [2.45, 2.75) is 65.3 Å². The number of rotatable bonds is 7. The van der Waals surface area contributed by atoms with Gasteiger partial charge in [-0.2, -0.15) is 0 Å². The molecule has 0 saturated carbocycles. The molecule has 1 N–H and O–H groups in total. The molecule has 5 atom stereocenters. The maximum Gasteiger partial charge on any atom is 0.303 e. The minimum absolute atomic E-state index is 0.160. The highest BCUT2D eigenvalue weighted by molar-refractivity contribution is 5.67. The van der Waals surface area contributed by atoms with Gasteiger partial charge in [-0.3, -0.25) is 14.4 Å². The summed E-state index contributed by atoms with van der Waals surface area (Å²) >= 11 is 0. The zero-order valence-electron chi connectivity index (χ0n) is 15.1. The maximum atomic E-state index is 11.4. The van der Waals surface area contributed by atoms with Gasteiger partial charge in [-0.05, 0) is 5.92 Å². The summed E-state index contributed by atoms with van der Waals surface area (Å²) in [5, 5.41) is 10.4. The zero-order valence-corrected chi connectivity index (χ0v) is 15.1. The summed E-state index contributed by atoms with van der Waals surface area (Å²) in [6, 6.07) is 0. The van der Waals surface area contributed by atoms with Crippen molar-refractivity contribution in [2.75, 3.05) is 13.2 Å². The maximum absolute atomic E-state index is 11.4. The van der Waals surface area contributed by atoms with Gasteiger partial charge < -0.3 is 28.8 Å². The van der Waals surface area contributed by atoms with E-state index in [1.807, 2.05) is 13.8 Å². The number of hydrogen-bond acceptors (Lipinski definition) is 9. The largest absolute Gasteiger partial charge is 0.463 e. The lowest BCUT2D eigenvalue weighted by Crippen LogP contribution is -2.62. The fourth-order valence-electron chi connectivity index (χ4n) is 2.29. The van der Waals surface area contributed by atoms with Gasteiger partial charge in [0.25, 0.3) is 0 Å². The van der Waals surface area contributed by atoms with Gasteiger partial charge in [0.2, 0.25) is 0 Å². The van der Waals surface area contributed by atoms with Gasteiger partial charge in [-0.1, -0.05) is 13.8 Å². The Labute approximate surface area is 146 Å². The molecular weight excluding hydrogens is 336 g/mol. The first-order chi connectivity index (χ1) is 11.6. The van der Waals surface area contributed by atoms with E-state index in [2.05, 4.69) is 0 Å². The fourth-order valence-corrected chi connectivity index (χ4v) is 2.29. The van der Waals surface area contributed by atoms with Gasteiger partial charge in [-0.15, -0.1) is 0 Å². The summed E-state index contributed by atoms with van der Waals surface area (Å²) < 4.78 is 26.4. The Bertz CT molecular complexity index is 476. The SMILES string of the molecule is CC(=O)OC[C@H]1O[C@@H](OCC(C)C)[C@H](OC(C)=O)[C@@H](OC(C)=O)[C@@H]1O. The van der Waals surface area contributed by atoms with Gasteiger partial charge in [0.05, 0.1) is 6.61 Å². The third kappa shape index (κ3) is 6.97. The highest BCUT2D eigenvalue weighted by Gasteiger charge is 2.50. The first kappa shape index (κ1) is 21.3. The molecule has 0 unspecified atom stereocenters. The van der Waals surface area contributed by atoms with Crippen molar-refractivity contribution in [2.24, 2.45) is 5.92 Å². The lowest BCUT2D eigenvalue weighted by atomic mass is 9.98. The average Bonchev–Trinajstić information content (AvgIpc) is 2.47. The lowest BCUT2D eigenvalue weighted by molar-refractivity contribution is -0.307. The third-order valence-corrected chi connectivity index (χ3v) is 3.27. The number of carbonyl (C=O) groups is 3. The number of ether oxygens (including phenoxy) is 5. The van der Waals surface area contributed by atoms with Crippen molar-refractivity contribution in [1.82, 2.24) is 0 Å². The summed E-state index contributed by atoms with van der Waals surface area (Å²) in [5.41, 5.74) is 0. The second-order valence-corrected chi connectivity index (χ2v) is 6.21. The van der Waals surface area contributed by atoms with E-state index in [0.717, 1.165) is 6.92 Å². The second-order valence-electron chi connectivity index (χ2n) is 6.21. The highest BCUT2D eigenvalue weighted by atomic mass is 16.7. The Morgan fingerprint density at radius 3 is 2.04 bits per heavy atom. The number of hydrogen-bond donors (Lipinski definition) is 1. The Balaban J connectivity index is 3.02. The van der Waals surface area contributed by atoms with E-state index in [-0.39, 0.29) is 19.1 Å². The number of aliphatic hydroxyl groups excluding tert-OH is 1.